The lowest BCUT2D eigenvalue weighted by atomic mass is 9.83. The molecule has 3 aromatic rings. The van der Waals surface area contributed by atoms with Crippen LogP contribution in [0.2, 0.25) is 0 Å². The normalized spacial score (nSPS) is 25.8. The number of amides is 1. The van der Waals surface area contributed by atoms with E-state index < -0.39 is 6.10 Å². The van der Waals surface area contributed by atoms with Gasteiger partial charge in [0.15, 0.2) is 5.65 Å². The predicted molar refractivity (Wildman–Crippen MR) is 136 cm³/mol. The van der Waals surface area contributed by atoms with Crippen LogP contribution in [0.15, 0.2) is 35.4 Å². The summed E-state index contributed by atoms with van der Waals surface area (Å²) < 4.78 is 8.97. The number of ether oxygens (including phenoxy) is 1. The second-order valence-corrected chi connectivity index (χ2v) is 9.94. The van der Waals surface area contributed by atoms with Crippen molar-refractivity contribution in [1.82, 2.24) is 24.5 Å². The van der Waals surface area contributed by atoms with Crippen LogP contribution < -0.4 is 21.5 Å². The predicted octanol–water partition coefficient (Wildman–Crippen LogP) is 2.45. The quantitative estimate of drug-likeness (QED) is 0.393. The molecule has 0 radical (unpaired) electrons. The van der Waals surface area contributed by atoms with Gasteiger partial charge < -0.3 is 30.4 Å². The molecule has 2 fully saturated rings. The van der Waals surface area contributed by atoms with Crippen molar-refractivity contribution in [2.45, 2.75) is 69.2 Å². The van der Waals surface area contributed by atoms with Crippen molar-refractivity contribution in [1.29, 1.82) is 0 Å². The van der Waals surface area contributed by atoms with Gasteiger partial charge in [0, 0.05) is 32.5 Å². The summed E-state index contributed by atoms with van der Waals surface area (Å²) in [6.07, 6.45) is 7.70. The van der Waals surface area contributed by atoms with Crippen LogP contribution in [0.25, 0.3) is 5.65 Å². The van der Waals surface area contributed by atoms with Gasteiger partial charge in [0.05, 0.1) is 23.9 Å². The molecular formula is C25H33N7O4. The Kier molecular flexibility index (Phi) is 6.44. The minimum Gasteiger partial charge on any atom is -0.391 e. The third-order valence-corrected chi connectivity index (χ3v) is 7.66. The first-order valence-corrected chi connectivity index (χ1v) is 12.4. The molecule has 2 saturated carbocycles. The molecule has 36 heavy (non-hydrogen) atoms. The highest BCUT2D eigenvalue weighted by Crippen LogP contribution is 2.36. The highest BCUT2D eigenvalue weighted by molar-refractivity contribution is 6.00. The first-order chi connectivity index (χ1) is 17.3. The zero-order chi connectivity index (χ0) is 25.4. The molecule has 3 aromatic heterocycles. The van der Waals surface area contributed by atoms with Gasteiger partial charge in [-0.1, -0.05) is 0 Å². The topological polar surface area (TPSA) is 135 Å². The number of carbonyl (C=O) groups excluding carboxylic acids is 1. The van der Waals surface area contributed by atoms with Gasteiger partial charge in [-0.15, -0.1) is 0 Å². The minimum absolute atomic E-state index is 0.109. The maximum absolute atomic E-state index is 13.4. The lowest BCUT2D eigenvalue weighted by molar-refractivity contribution is -0.0324. The molecule has 192 valence electrons. The molecule has 0 aromatic carbocycles. The van der Waals surface area contributed by atoms with E-state index >= 15 is 0 Å². The average molecular weight is 496 g/mol. The summed E-state index contributed by atoms with van der Waals surface area (Å²) in [7, 11) is 3.49. The van der Waals surface area contributed by atoms with E-state index in [2.05, 4.69) is 33.0 Å². The number of fused-ring (bicyclic) bond motifs is 1. The molecule has 2 atom stereocenters. The van der Waals surface area contributed by atoms with Gasteiger partial charge in [0.25, 0.3) is 11.5 Å². The van der Waals surface area contributed by atoms with Crippen LogP contribution in [0.4, 0.5) is 17.3 Å². The number of hydrogen-bond acceptors (Lipinski definition) is 8. The fourth-order valence-corrected chi connectivity index (χ4v) is 4.99. The van der Waals surface area contributed by atoms with Crippen molar-refractivity contribution >= 4 is 28.9 Å². The Balaban J connectivity index is 1.42. The molecule has 3 heterocycles. The highest BCUT2D eigenvalue weighted by Gasteiger charge is 2.33. The molecular weight excluding hydrogens is 462 g/mol. The zero-order valence-corrected chi connectivity index (χ0v) is 20.8. The van der Waals surface area contributed by atoms with Crippen molar-refractivity contribution in [3.63, 3.8) is 0 Å². The molecule has 0 spiro atoms. The Morgan fingerprint density at radius 3 is 2.67 bits per heavy atom. The van der Waals surface area contributed by atoms with E-state index in [4.69, 9.17) is 4.74 Å². The van der Waals surface area contributed by atoms with Gasteiger partial charge in [-0.2, -0.15) is 9.61 Å². The average Bonchev–Trinajstić information content (AvgIpc) is 3.32. The van der Waals surface area contributed by atoms with Crippen molar-refractivity contribution in [3.8, 4) is 0 Å². The molecule has 0 saturated heterocycles. The Hall–Kier alpha value is -3.44. The van der Waals surface area contributed by atoms with Gasteiger partial charge >= 0.3 is 0 Å². The molecule has 11 heteroatoms. The van der Waals surface area contributed by atoms with Gasteiger partial charge in [-0.05, 0) is 57.6 Å². The van der Waals surface area contributed by atoms with Crippen LogP contribution in [0, 0.1) is 0 Å². The standard InChI is InChI=1S/C25H33N7O4/c1-25(36-3)10-8-15(9-11-25)31-12-4-5-18(24(31)35)28-20-13-21(26-2)32-22(30-20)16(14-27-32)23(34)29-17-6-7-19(17)33/h4-5,12-15,17,19,26,33H,6-11H2,1-3H3,(H,28,30)(H,29,34)/t15?,17-,19-,25?/m0/s1. The second kappa shape index (κ2) is 9.55. The number of nitrogens with zero attached hydrogens (tertiary/aromatic N) is 4. The molecule has 2 aliphatic carbocycles. The number of nitrogens with one attached hydrogen (secondary N) is 3. The summed E-state index contributed by atoms with van der Waals surface area (Å²) in [6, 6.07) is 5.17. The summed E-state index contributed by atoms with van der Waals surface area (Å²) in [6.45, 7) is 2.12. The van der Waals surface area contributed by atoms with Crippen molar-refractivity contribution in [3.05, 3.63) is 46.5 Å². The van der Waals surface area contributed by atoms with Crippen LogP contribution in [-0.2, 0) is 4.74 Å². The van der Waals surface area contributed by atoms with Crippen molar-refractivity contribution in [2.24, 2.45) is 0 Å². The summed E-state index contributed by atoms with van der Waals surface area (Å²) in [5.74, 6) is 0.672. The number of pyridine rings is 1. The Labute approximate surface area is 208 Å². The number of aromatic nitrogens is 4. The molecule has 4 N–H and O–H groups in total. The van der Waals surface area contributed by atoms with E-state index in [1.807, 2.05) is 12.3 Å². The monoisotopic (exact) mass is 495 g/mol. The Morgan fingerprint density at radius 1 is 1.25 bits per heavy atom. The number of aliphatic hydroxyl groups is 1. The number of methoxy groups -OCH3 is 1. The number of rotatable bonds is 7. The van der Waals surface area contributed by atoms with Crippen LogP contribution >= 0.6 is 0 Å². The van der Waals surface area contributed by atoms with Crippen LogP contribution in [0.1, 0.15) is 61.8 Å². The fraction of sp³-hybridized carbons (Fsp3) is 0.520. The third kappa shape index (κ3) is 4.44. The molecule has 0 bridgehead atoms. The molecule has 2 aliphatic rings. The zero-order valence-electron chi connectivity index (χ0n) is 20.8. The summed E-state index contributed by atoms with van der Waals surface area (Å²) in [5.41, 5.74) is 0.785. The largest absolute Gasteiger partial charge is 0.391 e. The fourth-order valence-electron chi connectivity index (χ4n) is 4.99. The minimum atomic E-state index is -0.526. The summed E-state index contributed by atoms with van der Waals surface area (Å²) in [5, 5.41) is 23.2. The van der Waals surface area contributed by atoms with Crippen molar-refractivity contribution < 1.29 is 14.6 Å². The molecule has 11 nitrogen and oxygen atoms in total. The van der Waals surface area contributed by atoms with E-state index in [1.54, 1.807) is 30.9 Å². The Bertz CT molecular complexity index is 1330. The lowest BCUT2D eigenvalue weighted by Gasteiger charge is -2.36. The first kappa shape index (κ1) is 24.3. The second-order valence-electron chi connectivity index (χ2n) is 9.94. The maximum Gasteiger partial charge on any atom is 0.274 e. The van der Waals surface area contributed by atoms with E-state index in [0.29, 0.717) is 35.0 Å². The SMILES string of the molecule is CNc1cc(Nc2cccn(C3CCC(C)(OC)CC3)c2=O)nc2c(C(=O)N[C@H]3CC[C@@H]3O)cnn12. The lowest BCUT2D eigenvalue weighted by Crippen LogP contribution is -2.50. The third-order valence-electron chi connectivity index (χ3n) is 7.66. The van der Waals surface area contributed by atoms with Gasteiger partial charge in [-0.25, -0.2) is 4.98 Å². The van der Waals surface area contributed by atoms with E-state index in [9.17, 15) is 14.7 Å². The van der Waals surface area contributed by atoms with E-state index in [0.717, 1.165) is 32.1 Å². The van der Waals surface area contributed by atoms with E-state index in [-0.39, 0.29) is 29.2 Å². The number of hydrogen-bond donors (Lipinski definition) is 4. The van der Waals surface area contributed by atoms with Crippen LogP contribution in [-0.4, -0.2) is 62.1 Å². The molecule has 0 unspecified atom stereocenters. The van der Waals surface area contributed by atoms with Crippen LogP contribution in [0.5, 0.6) is 0 Å². The number of aliphatic hydroxyl groups excluding tert-OH is 1. The van der Waals surface area contributed by atoms with Crippen molar-refractivity contribution in [2.75, 3.05) is 24.8 Å². The summed E-state index contributed by atoms with van der Waals surface area (Å²) in [4.78, 5) is 30.8. The summed E-state index contributed by atoms with van der Waals surface area (Å²) >= 11 is 0. The Morgan fingerprint density at radius 2 is 2.03 bits per heavy atom. The maximum atomic E-state index is 13.4. The van der Waals surface area contributed by atoms with Gasteiger partial charge in [-0.3, -0.25) is 9.59 Å². The molecule has 5 rings (SSSR count). The smallest absolute Gasteiger partial charge is 0.274 e. The van der Waals surface area contributed by atoms with Gasteiger partial charge in [0.1, 0.15) is 22.9 Å². The van der Waals surface area contributed by atoms with Gasteiger partial charge in [0.2, 0.25) is 0 Å². The highest BCUT2D eigenvalue weighted by atomic mass is 16.5. The number of anilines is 3. The molecule has 1 amide bonds. The van der Waals surface area contributed by atoms with E-state index in [1.165, 1.54) is 10.7 Å². The first-order valence-electron chi connectivity index (χ1n) is 12.4. The van der Waals surface area contributed by atoms with Crippen LogP contribution in [0.3, 0.4) is 0 Å². The number of carbonyl (C=O) groups is 1. The molecule has 0 aliphatic heterocycles.